The fourth-order valence-electron chi connectivity index (χ4n) is 2.69. The van der Waals surface area contributed by atoms with E-state index >= 15 is 0 Å². The minimum Gasteiger partial charge on any atom is -0.378 e. The summed E-state index contributed by atoms with van der Waals surface area (Å²) in [6.45, 7) is 2.90. The highest BCUT2D eigenvalue weighted by molar-refractivity contribution is 5.85. The fraction of sp³-hybridized carbons (Fsp3) is 0.250. The third kappa shape index (κ3) is 3.40. The Morgan fingerprint density at radius 1 is 1.16 bits per heavy atom. The normalized spacial score (nSPS) is 14.2. The number of H-pyrrole nitrogens is 1. The molecule has 130 valence electrons. The smallest absolute Gasteiger partial charge is 0.280 e. The molecule has 0 unspecified atom stereocenters. The molecule has 0 aromatic carbocycles. The van der Waals surface area contributed by atoms with Crippen LogP contribution in [0.5, 0.6) is 0 Å². The molecule has 0 amide bonds. The minimum absolute atomic E-state index is 0. The average molecular weight is 361 g/mol. The van der Waals surface area contributed by atoms with Crippen molar-refractivity contribution in [3.63, 3.8) is 0 Å². The Morgan fingerprint density at radius 2 is 1.96 bits per heavy atom. The molecule has 1 N–H and O–H groups in total. The summed E-state index contributed by atoms with van der Waals surface area (Å²) in [5, 5.41) is 2.96. The largest absolute Gasteiger partial charge is 0.378 e. The lowest BCUT2D eigenvalue weighted by Gasteiger charge is -2.27. The van der Waals surface area contributed by atoms with Crippen LogP contribution < -0.4 is 10.5 Å². The van der Waals surface area contributed by atoms with Crippen LogP contribution in [0.4, 0.5) is 5.82 Å². The third-order valence-electron chi connectivity index (χ3n) is 3.95. The van der Waals surface area contributed by atoms with E-state index in [0.29, 0.717) is 24.6 Å². The maximum Gasteiger partial charge on any atom is 0.280 e. The second kappa shape index (κ2) is 7.45. The average Bonchev–Trinajstić information content (AvgIpc) is 3.05. The van der Waals surface area contributed by atoms with E-state index in [2.05, 4.69) is 25.0 Å². The summed E-state index contributed by atoms with van der Waals surface area (Å²) in [5.41, 5.74) is 1.14. The van der Waals surface area contributed by atoms with Gasteiger partial charge < -0.3 is 9.64 Å². The fourth-order valence-corrected chi connectivity index (χ4v) is 2.69. The molecule has 0 spiro atoms. The molecule has 0 bridgehead atoms. The summed E-state index contributed by atoms with van der Waals surface area (Å²) in [5.74, 6) is 1.29. The molecule has 0 radical (unpaired) electrons. The molecule has 1 aliphatic rings. The van der Waals surface area contributed by atoms with E-state index in [9.17, 15) is 4.79 Å². The highest BCUT2D eigenvalue weighted by Crippen LogP contribution is 2.16. The van der Waals surface area contributed by atoms with E-state index in [0.717, 1.165) is 24.5 Å². The van der Waals surface area contributed by atoms with Crippen molar-refractivity contribution in [2.45, 2.75) is 0 Å². The van der Waals surface area contributed by atoms with Gasteiger partial charge in [-0.3, -0.25) is 14.9 Å². The molecule has 0 aliphatic carbocycles. The summed E-state index contributed by atoms with van der Waals surface area (Å²) >= 11 is 0. The Balaban J connectivity index is 0.00000182. The number of pyridine rings is 1. The first-order valence-electron chi connectivity index (χ1n) is 7.69. The number of hydrogen-bond donors (Lipinski definition) is 1. The van der Waals surface area contributed by atoms with Crippen LogP contribution in [0.15, 0.2) is 47.9 Å². The zero-order valence-electron chi connectivity index (χ0n) is 13.3. The second-order valence-electron chi connectivity index (χ2n) is 5.40. The van der Waals surface area contributed by atoms with Crippen molar-refractivity contribution >= 4 is 18.2 Å². The molecule has 3 aromatic rings. The lowest BCUT2D eigenvalue weighted by atomic mass is 10.2. The van der Waals surface area contributed by atoms with Crippen molar-refractivity contribution in [2.24, 2.45) is 0 Å². The van der Waals surface area contributed by atoms with E-state index < -0.39 is 0 Å². The maximum atomic E-state index is 12.7. The van der Waals surface area contributed by atoms with Gasteiger partial charge >= 0.3 is 0 Å². The van der Waals surface area contributed by atoms with Gasteiger partial charge in [0.15, 0.2) is 5.82 Å². The first-order valence-corrected chi connectivity index (χ1v) is 7.69. The third-order valence-corrected chi connectivity index (χ3v) is 3.95. The first kappa shape index (κ1) is 17.1. The van der Waals surface area contributed by atoms with Crippen LogP contribution in [0.3, 0.4) is 0 Å². The van der Waals surface area contributed by atoms with Gasteiger partial charge in [-0.1, -0.05) is 6.07 Å². The molecule has 25 heavy (non-hydrogen) atoms. The van der Waals surface area contributed by atoms with Gasteiger partial charge in [-0.2, -0.15) is 0 Å². The van der Waals surface area contributed by atoms with Gasteiger partial charge in [0.05, 0.1) is 18.8 Å². The number of hydrogen-bond acceptors (Lipinski definition) is 6. The number of nitrogens with zero attached hydrogens (tertiary/aromatic N) is 5. The van der Waals surface area contributed by atoms with Crippen molar-refractivity contribution in [2.75, 3.05) is 31.2 Å². The van der Waals surface area contributed by atoms with Crippen molar-refractivity contribution in [1.82, 2.24) is 24.7 Å². The summed E-state index contributed by atoms with van der Waals surface area (Å²) in [6.07, 6.45) is 6.47. The molecule has 0 saturated carbocycles. The topological polar surface area (TPSA) is 88.9 Å². The van der Waals surface area contributed by atoms with Gasteiger partial charge in [-0.15, -0.1) is 12.4 Å². The molecule has 1 saturated heterocycles. The van der Waals surface area contributed by atoms with E-state index in [-0.39, 0.29) is 18.0 Å². The molecule has 1 fully saturated rings. The summed E-state index contributed by atoms with van der Waals surface area (Å²) < 4.78 is 6.77. The predicted molar refractivity (Wildman–Crippen MR) is 95.5 cm³/mol. The summed E-state index contributed by atoms with van der Waals surface area (Å²) in [7, 11) is 0. The molecular formula is C16H17ClN6O2. The van der Waals surface area contributed by atoms with Crippen molar-refractivity contribution < 1.29 is 4.74 Å². The maximum absolute atomic E-state index is 12.7. The molecular weight excluding hydrogens is 344 g/mol. The lowest BCUT2D eigenvalue weighted by Crippen LogP contribution is -2.36. The summed E-state index contributed by atoms with van der Waals surface area (Å²) in [6, 6.07) is 5.45. The van der Waals surface area contributed by atoms with Crippen LogP contribution >= 0.6 is 12.4 Å². The Kier molecular flexibility index (Phi) is 5.11. The molecule has 3 aromatic heterocycles. The highest BCUT2D eigenvalue weighted by atomic mass is 35.5. The second-order valence-corrected chi connectivity index (χ2v) is 5.40. The molecule has 1 aliphatic heterocycles. The highest BCUT2D eigenvalue weighted by Gasteiger charge is 2.15. The number of halogens is 1. The van der Waals surface area contributed by atoms with Crippen molar-refractivity contribution in [1.29, 1.82) is 0 Å². The molecule has 9 heteroatoms. The molecule has 4 heterocycles. The Labute approximate surface area is 149 Å². The quantitative estimate of drug-likeness (QED) is 0.756. The zero-order chi connectivity index (χ0) is 16.4. The van der Waals surface area contributed by atoms with Crippen LogP contribution in [0.25, 0.3) is 16.9 Å². The lowest BCUT2D eigenvalue weighted by molar-refractivity contribution is 0.122. The van der Waals surface area contributed by atoms with E-state index in [1.165, 1.54) is 11.0 Å². The minimum atomic E-state index is -0.172. The monoisotopic (exact) mass is 360 g/mol. The molecule has 0 atom stereocenters. The van der Waals surface area contributed by atoms with Gasteiger partial charge in [-0.25, -0.2) is 14.6 Å². The first-order chi connectivity index (χ1) is 11.8. The standard InChI is InChI=1S/C16H16N6O2.ClH/c23-16-13(12-2-1-3-17-9-12)10-20-22(16)15-8-14(18-11-19-15)21-4-6-24-7-5-21;/h1-3,8-11,20H,4-7H2;1H. The van der Waals surface area contributed by atoms with Crippen LogP contribution in [0, 0.1) is 0 Å². The van der Waals surface area contributed by atoms with Crippen molar-refractivity contribution in [3.05, 3.63) is 53.5 Å². The van der Waals surface area contributed by atoms with Gasteiger partial charge in [0.2, 0.25) is 0 Å². The number of rotatable bonds is 3. The van der Waals surface area contributed by atoms with Gasteiger partial charge in [0, 0.05) is 43.3 Å². The van der Waals surface area contributed by atoms with E-state index in [1.54, 1.807) is 30.7 Å². The number of anilines is 1. The van der Waals surface area contributed by atoms with E-state index in [4.69, 9.17) is 4.74 Å². The van der Waals surface area contributed by atoms with Crippen LogP contribution in [0.2, 0.25) is 0 Å². The van der Waals surface area contributed by atoms with Crippen LogP contribution in [-0.4, -0.2) is 51.0 Å². The number of nitrogens with one attached hydrogen (secondary N) is 1. The SMILES string of the molecule is Cl.O=c1c(-c2cccnc2)c[nH]n1-c1cc(N2CCOCC2)ncn1. The Bertz CT molecular complexity index is 889. The summed E-state index contributed by atoms with van der Waals surface area (Å²) in [4.78, 5) is 27.4. The zero-order valence-corrected chi connectivity index (χ0v) is 14.1. The van der Waals surface area contributed by atoms with E-state index in [1.807, 2.05) is 6.07 Å². The number of morpholine rings is 1. The Hall–Kier alpha value is -2.71. The molecule has 8 nitrogen and oxygen atoms in total. The number of ether oxygens (including phenoxy) is 1. The van der Waals surface area contributed by atoms with Crippen LogP contribution in [0.1, 0.15) is 0 Å². The van der Waals surface area contributed by atoms with Gasteiger partial charge in [0.1, 0.15) is 12.1 Å². The molecule has 4 rings (SSSR count). The van der Waals surface area contributed by atoms with Gasteiger partial charge in [0.25, 0.3) is 5.56 Å². The van der Waals surface area contributed by atoms with Gasteiger partial charge in [-0.05, 0) is 6.07 Å². The number of aromatic nitrogens is 5. The predicted octanol–water partition coefficient (Wildman–Crippen LogP) is 1.28. The van der Waals surface area contributed by atoms with Crippen LogP contribution in [-0.2, 0) is 4.74 Å². The van der Waals surface area contributed by atoms with Crippen molar-refractivity contribution in [3.8, 4) is 16.9 Å². The number of aromatic amines is 1. The Morgan fingerprint density at radius 3 is 2.72 bits per heavy atom.